The van der Waals surface area contributed by atoms with E-state index in [9.17, 15) is 0 Å². The summed E-state index contributed by atoms with van der Waals surface area (Å²) in [7, 11) is 0. The summed E-state index contributed by atoms with van der Waals surface area (Å²) in [6.07, 6.45) is 0. The lowest BCUT2D eigenvalue weighted by Gasteiger charge is -2.28. The zero-order valence-corrected chi connectivity index (χ0v) is 10.7. The lowest BCUT2D eigenvalue weighted by Crippen LogP contribution is -2.19. The van der Waals surface area contributed by atoms with Crippen LogP contribution in [0.25, 0.3) is 0 Å². The van der Waals surface area contributed by atoms with Gasteiger partial charge in [0.05, 0.1) is 6.61 Å². The summed E-state index contributed by atoms with van der Waals surface area (Å²) in [5, 5.41) is 0. The van der Waals surface area contributed by atoms with E-state index in [1.54, 1.807) is 0 Å². The standard InChI is InChI=1S/C13H24O/c1-9-8-14-11(13(5,6)7)10(9)12(2,3)4/h9H,8H2,1-7H3/t9-/m1/s1. The van der Waals surface area contributed by atoms with Gasteiger partial charge in [-0.1, -0.05) is 48.5 Å². The van der Waals surface area contributed by atoms with Crippen molar-refractivity contribution in [2.75, 3.05) is 6.61 Å². The summed E-state index contributed by atoms with van der Waals surface area (Å²) in [5.74, 6) is 1.79. The summed E-state index contributed by atoms with van der Waals surface area (Å²) in [6.45, 7) is 16.6. The SMILES string of the molecule is C[C@@H]1COC(C(C)(C)C)=C1C(C)(C)C. The van der Waals surface area contributed by atoms with Crippen LogP contribution in [0, 0.1) is 16.7 Å². The van der Waals surface area contributed by atoms with Gasteiger partial charge in [0.1, 0.15) is 5.76 Å². The average Bonchev–Trinajstić information content (AvgIpc) is 2.27. The van der Waals surface area contributed by atoms with Crippen molar-refractivity contribution in [2.24, 2.45) is 16.7 Å². The Bertz CT molecular complexity index is 247. The Labute approximate surface area is 88.5 Å². The molecule has 0 saturated carbocycles. The van der Waals surface area contributed by atoms with Crippen LogP contribution in [0.15, 0.2) is 11.3 Å². The molecule has 0 aromatic heterocycles. The van der Waals surface area contributed by atoms with Gasteiger partial charge in [0, 0.05) is 11.3 Å². The number of allylic oxidation sites excluding steroid dienone is 1. The Morgan fingerprint density at radius 2 is 1.50 bits per heavy atom. The first-order chi connectivity index (χ1) is 6.14. The third-order valence-corrected chi connectivity index (χ3v) is 2.70. The molecule has 0 amide bonds. The van der Waals surface area contributed by atoms with E-state index < -0.39 is 0 Å². The Balaban J connectivity index is 3.16. The van der Waals surface area contributed by atoms with E-state index >= 15 is 0 Å². The maximum Gasteiger partial charge on any atom is 0.101 e. The molecule has 0 bridgehead atoms. The maximum atomic E-state index is 5.85. The fraction of sp³-hybridized carbons (Fsp3) is 0.846. The molecular weight excluding hydrogens is 172 g/mol. The first kappa shape index (κ1) is 11.6. The molecule has 0 aromatic carbocycles. The van der Waals surface area contributed by atoms with E-state index in [1.165, 1.54) is 11.3 Å². The summed E-state index contributed by atoms with van der Waals surface area (Å²) in [5.41, 5.74) is 1.89. The van der Waals surface area contributed by atoms with Crippen LogP contribution in [0.5, 0.6) is 0 Å². The van der Waals surface area contributed by atoms with E-state index in [0.29, 0.717) is 5.92 Å². The quantitative estimate of drug-likeness (QED) is 0.569. The average molecular weight is 196 g/mol. The maximum absolute atomic E-state index is 5.85. The summed E-state index contributed by atoms with van der Waals surface area (Å²) >= 11 is 0. The zero-order valence-electron chi connectivity index (χ0n) is 10.7. The Kier molecular flexibility index (Phi) is 2.73. The second kappa shape index (κ2) is 3.29. The van der Waals surface area contributed by atoms with E-state index in [4.69, 9.17) is 4.74 Å². The van der Waals surface area contributed by atoms with Crippen molar-refractivity contribution in [3.63, 3.8) is 0 Å². The zero-order chi connectivity index (χ0) is 11.1. The highest BCUT2D eigenvalue weighted by atomic mass is 16.5. The normalized spacial score (nSPS) is 24.1. The molecule has 1 heteroatoms. The molecule has 0 fully saturated rings. The van der Waals surface area contributed by atoms with Crippen molar-refractivity contribution < 1.29 is 4.74 Å². The van der Waals surface area contributed by atoms with Gasteiger partial charge in [-0.05, 0) is 11.0 Å². The molecule has 0 N–H and O–H groups in total. The molecule has 0 radical (unpaired) electrons. The number of hydrogen-bond donors (Lipinski definition) is 0. The van der Waals surface area contributed by atoms with E-state index in [0.717, 1.165) is 6.61 Å². The van der Waals surface area contributed by atoms with Crippen LogP contribution < -0.4 is 0 Å². The van der Waals surface area contributed by atoms with Crippen LogP contribution in [0.1, 0.15) is 48.5 Å². The van der Waals surface area contributed by atoms with Crippen LogP contribution in [0.3, 0.4) is 0 Å². The molecule has 82 valence electrons. The van der Waals surface area contributed by atoms with Crippen LogP contribution in [-0.4, -0.2) is 6.61 Å². The number of hydrogen-bond acceptors (Lipinski definition) is 1. The lowest BCUT2D eigenvalue weighted by atomic mass is 9.76. The topological polar surface area (TPSA) is 9.23 Å². The third kappa shape index (κ3) is 2.13. The van der Waals surface area contributed by atoms with Crippen molar-refractivity contribution in [3.05, 3.63) is 11.3 Å². The predicted molar refractivity (Wildman–Crippen MR) is 61.1 cm³/mol. The fourth-order valence-electron chi connectivity index (χ4n) is 2.29. The third-order valence-electron chi connectivity index (χ3n) is 2.70. The van der Waals surface area contributed by atoms with Gasteiger partial charge in [-0.25, -0.2) is 0 Å². The predicted octanol–water partition coefficient (Wildman–Crippen LogP) is 4.00. The monoisotopic (exact) mass is 196 g/mol. The number of ether oxygens (including phenoxy) is 1. The van der Waals surface area contributed by atoms with Gasteiger partial charge in [-0.2, -0.15) is 0 Å². The molecular formula is C13H24O. The molecule has 1 rings (SSSR count). The van der Waals surface area contributed by atoms with Crippen LogP contribution in [0.4, 0.5) is 0 Å². The molecule has 1 nitrogen and oxygen atoms in total. The van der Waals surface area contributed by atoms with Gasteiger partial charge in [-0.15, -0.1) is 0 Å². The largest absolute Gasteiger partial charge is 0.497 e. The minimum absolute atomic E-state index is 0.146. The molecule has 0 unspecified atom stereocenters. The summed E-state index contributed by atoms with van der Waals surface area (Å²) in [6, 6.07) is 0. The van der Waals surface area contributed by atoms with Gasteiger partial charge in [0.2, 0.25) is 0 Å². The second-order valence-corrected chi connectivity index (χ2v) is 6.45. The van der Waals surface area contributed by atoms with Gasteiger partial charge in [-0.3, -0.25) is 0 Å². The first-order valence-electron chi connectivity index (χ1n) is 5.52. The Morgan fingerprint density at radius 1 is 1.00 bits per heavy atom. The van der Waals surface area contributed by atoms with Gasteiger partial charge >= 0.3 is 0 Å². The van der Waals surface area contributed by atoms with Gasteiger partial charge in [0.25, 0.3) is 0 Å². The van der Waals surface area contributed by atoms with Crippen molar-refractivity contribution in [1.82, 2.24) is 0 Å². The molecule has 14 heavy (non-hydrogen) atoms. The van der Waals surface area contributed by atoms with Crippen molar-refractivity contribution in [3.8, 4) is 0 Å². The molecule has 1 aliphatic rings. The highest BCUT2D eigenvalue weighted by Crippen LogP contribution is 2.44. The molecule has 0 spiro atoms. The van der Waals surface area contributed by atoms with Gasteiger partial charge < -0.3 is 4.74 Å². The van der Waals surface area contributed by atoms with Crippen LogP contribution in [-0.2, 0) is 4.74 Å². The summed E-state index contributed by atoms with van der Waals surface area (Å²) in [4.78, 5) is 0. The minimum atomic E-state index is 0.146. The number of rotatable bonds is 0. The summed E-state index contributed by atoms with van der Waals surface area (Å²) < 4.78 is 5.85. The lowest BCUT2D eigenvalue weighted by molar-refractivity contribution is 0.166. The Morgan fingerprint density at radius 3 is 1.79 bits per heavy atom. The molecule has 0 aromatic rings. The fourth-order valence-corrected chi connectivity index (χ4v) is 2.29. The van der Waals surface area contributed by atoms with E-state index in [-0.39, 0.29) is 10.8 Å². The molecule has 0 aliphatic carbocycles. The van der Waals surface area contributed by atoms with Crippen molar-refractivity contribution >= 4 is 0 Å². The van der Waals surface area contributed by atoms with Gasteiger partial charge in [0.15, 0.2) is 0 Å². The second-order valence-electron chi connectivity index (χ2n) is 6.45. The highest BCUT2D eigenvalue weighted by molar-refractivity contribution is 5.25. The molecule has 1 atom stereocenters. The van der Waals surface area contributed by atoms with Crippen LogP contribution in [0.2, 0.25) is 0 Å². The molecule has 1 aliphatic heterocycles. The Hall–Kier alpha value is -0.460. The highest BCUT2D eigenvalue weighted by Gasteiger charge is 2.37. The molecule has 0 saturated heterocycles. The minimum Gasteiger partial charge on any atom is -0.497 e. The first-order valence-corrected chi connectivity index (χ1v) is 5.52. The van der Waals surface area contributed by atoms with E-state index in [1.807, 2.05) is 0 Å². The van der Waals surface area contributed by atoms with Crippen LogP contribution >= 0.6 is 0 Å². The van der Waals surface area contributed by atoms with Crippen molar-refractivity contribution in [2.45, 2.75) is 48.5 Å². The van der Waals surface area contributed by atoms with Crippen molar-refractivity contribution in [1.29, 1.82) is 0 Å². The smallest absolute Gasteiger partial charge is 0.101 e. The molecule has 1 heterocycles. The van der Waals surface area contributed by atoms with E-state index in [2.05, 4.69) is 48.5 Å².